The summed E-state index contributed by atoms with van der Waals surface area (Å²) in [4.78, 5) is 0. The molecular weight excluding hydrogens is 139 g/mol. The second kappa shape index (κ2) is 9.23. The van der Waals surface area contributed by atoms with Crippen molar-refractivity contribution in [3.05, 3.63) is 12.7 Å². The molecule has 1 nitrogen and oxygen atoms in total. The van der Waals surface area contributed by atoms with E-state index in [0.717, 1.165) is 11.9 Å². The van der Waals surface area contributed by atoms with E-state index in [1.54, 1.807) is 0 Å². The number of allylic oxidation sites excluding steroid dienone is 1. The first-order chi connectivity index (χ1) is 4.91. The average molecular weight is 156 g/mol. The van der Waals surface area contributed by atoms with Gasteiger partial charge in [0.15, 0.2) is 0 Å². The zero-order valence-corrected chi connectivity index (χ0v) is 8.35. The van der Waals surface area contributed by atoms with Crippen LogP contribution in [-0.2, 0) is 3.79 Å². The van der Waals surface area contributed by atoms with Crippen LogP contribution in [0, 0.1) is 0 Å². The maximum Gasteiger partial charge on any atom is 0.439 e. The normalized spacial score (nSPS) is 9.30. The number of hydrogen-bond donors (Lipinski definition) is 0. The molecule has 0 bridgehead atoms. The summed E-state index contributed by atoms with van der Waals surface area (Å²) < 4.78 is 5.44. The molecule has 0 rings (SSSR count). The van der Waals surface area contributed by atoms with Crippen LogP contribution in [0.3, 0.4) is 0 Å². The van der Waals surface area contributed by atoms with Gasteiger partial charge in [0.1, 0.15) is 0 Å². The first kappa shape index (κ1) is 10.2. The Labute approximate surface area is 70.5 Å². The second-order valence-corrected chi connectivity index (χ2v) is 3.79. The van der Waals surface area contributed by atoms with Crippen LogP contribution in [0.5, 0.6) is 0 Å². The van der Waals surface area contributed by atoms with E-state index < -0.39 is 0 Å². The first-order valence-corrected chi connectivity index (χ1v) is 5.68. The highest BCUT2D eigenvalue weighted by Gasteiger charge is 1.90. The summed E-state index contributed by atoms with van der Waals surface area (Å²) in [5.74, 6) is 0. The quantitative estimate of drug-likeness (QED) is 0.312. The van der Waals surface area contributed by atoms with E-state index in [9.17, 15) is 0 Å². The van der Waals surface area contributed by atoms with Crippen LogP contribution in [0.4, 0.5) is 0 Å². The molecule has 0 aliphatic carbocycles. The Morgan fingerprint density at radius 2 is 2.30 bits per heavy atom. The van der Waals surface area contributed by atoms with Crippen molar-refractivity contribution in [1.29, 1.82) is 0 Å². The lowest BCUT2D eigenvalue weighted by Crippen LogP contribution is -1.98. The average Bonchev–Trinajstić information content (AvgIpc) is 1.97. The minimum absolute atomic E-state index is 0.235. The Bertz CT molecular complexity index is 73.7. The standard InChI is InChI=1S/C5H11O.C3H5.Al.H/c1-2-3-4-5-6;1-3-2;;/h2-5H2,1H3;3H,1-2H2;;/q-1;;+1;. The molecule has 0 aromatic carbocycles. The Balaban J connectivity index is 2.70. The van der Waals surface area contributed by atoms with Crippen LogP contribution in [0.15, 0.2) is 12.7 Å². The Kier molecular flexibility index (Phi) is 9.45. The second-order valence-electron chi connectivity index (χ2n) is 2.40. The minimum atomic E-state index is -0.235. The van der Waals surface area contributed by atoms with E-state index in [0.29, 0.717) is 0 Å². The molecule has 0 atom stereocenters. The van der Waals surface area contributed by atoms with E-state index in [1.165, 1.54) is 19.3 Å². The molecule has 0 N–H and O–H groups in total. The molecule has 2 heteroatoms. The van der Waals surface area contributed by atoms with Gasteiger partial charge in [0.2, 0.25) is 0 Å². The molecule has 58 valence electrons. The van der Waals surface area contributed by atoms with Gasteiger partial charge in [-0.05, 0) is 6.42 Å². The topological polar surface area (TPSA) is 9.23 Å². The lowest BCUT2D eigenvalue weighted by molar-refractivity contribution is 0.324. The molecule has 0 aromatic heterocycles. The summed E-state index contributed by atoms with van der Waals surface area (Å²) in [6.07, 6.45) is 5.78. The van der Waals surface area contributed by atoms with Gasteiger partial charge in [-0.25, -0.2) is 0 Å². The van der Waals surface area contributed by atoms with Gasteiger partial charge in [0.25, 0.3) is 0 Å². The van der Waals surface area contributed by atoms with Crippen molar-refractivity contribution in [1.82, 2.24) is 0 Å². The van der Waals surface area contributed by atoms with Gasteiger partial charge in [-0.2, -0.15) is 0 Å². The fourth-order valence-corrected chi connectivity index (χ4v) is 1.46. The zero-order chi connectivity index (χ0) is 7.66. The van der Waals surface area contributed by atoms with Gasteiger partial charge >= 0.3 is 15.6 Å². The summed E-state index contributed by atoms with van der Waals surface area (Å²) in [6.45, 7) is 6.84. The fourth-order valence-electron chi connectivity index (χ4n) is 0.723. The third-order valence-corrected chi connectivity index (χ3v) is 2.58. The Hall–Kier alpha value is 0.232. The van der Waals surface area contributed by atoms with Gasteiger partial charge in [0, 0.05) is 6.61 Å². The lowest BCUT2D eigenvalue weighted by atomic mass is 10.3. The number of hydrogen-bond acceptors (Lipinski definition) is 1. The van der Waals surface area contributed by atoms with E-state index in [-0.39, 0.29) is 15.6 Å². The van der Waals surface area contributed by atoms with E-state index in [1.807, 2.05) is 6.08 Å². The monoisotopic (exact) mass is 156 g/mol. The van der Waals surface area contributed by atoms with E-state index >= 15 is 0 Å². The summed E-state index contributed by atoms with van der Waals surface area (Å²) in [5, 5.41) is 1.12. The highest BCUT2D eigenvalue weighted by atomic mass is 27.1. The van der Waals surface area contributed by atoms with Crippen LogP contribution < -0.4 is 0 Å². The van der Waals surface area contributed by atoms with Gasteiger partial charge in [-0.1, -0.05) is 25.0 Å². The van der Waals surface area contributed by atoms with Crippen LogP contribution in [-0.4, -0.2) is 22.2 Å². The smallest absolute Gasteiger partial charge is 0.439 e. The van der Waals surface area contributed by atoms with Crippen LogP contribution in [0.2, 0.25) is 5.28 Å². The predicted molar refractivity (Wildman–Crippen MR) is 47.6 cm³/mol. The van der Waals surface area contributed by atoms with Gasteiger partial charge < -0.3 is 3.79 Å². The Morgan fingerprint density at radius 1 is 1.50 bits per heavy atom. The summed E-state index contributed by atoms with van der Waals surface area (Å²) in [6, 6.07) is 0. The maximum atomic E-state index is 5.44. The molecule has 0 amide bonds. The molecule has 0 saturated heterocycles. The SMILES string of the molecule is C=C[CH2][AlH][O]CCCCC. The van der Waals surface area contributed by atoms with Crippen molar-refractivity contribution >= 4 is 15.6 Å². The molecule has 0 aliphatic rings. The molecular formula is C8H17AlO. The largest absolute Gasteiger partial charge is 0.503 e. The third-order valence-electron chi connectivity index (χ3n) is 1.36. The van der Waals surface area contributed by atoms with Gasteiger partial charge in [0.05, 0.1) is 0 Å². The predicted octanol–water partition coefficient (Wildman–Crippen LogP) is 2.15. The highest BCUT2D eigenvalue weighted by Crippen LogP contribution is 1.93. The summed E-state index contributed by atoms with van der Waals surface area (Å²) in [7, 11) is 0. The fraction of sp³-hybridized carbons (Fsp3) is 0.750. The molecule has 0 aliphatic heterocycles. The first-order valence-electron chi connectivity index (χ1n) is 4.10. The molecule has 0 radical (unpaired) electrons. The molecule has 10 heavy (non-hydrogen) atoms. The van der Waals surface area contributed by atoms with E-state index in [4.69, 9.17) is 3.79 Å². The molecule has 0 aromatic rings. The van der Waals surface area contributed by atoms with E-state index in [2.05, 4.69) is 13.5 Å². The molecule has 0 spiro atoms. The summed E-state index contributed by atoms with van der Waals surface area (Å²) in [5.41, 5.74) is 0. The number of unbranched alkanes of at least 4 members (excludes halogenated alkanes) is 2. The molecule has 0 heterocycles. The van der Waals surface area contributed by atoms with Crippen molar-refractivity contribution in [2.75, 3.05) is 6.61 Å². The summed E-state index contributed by atoms with van der Waals surface area (Å²) >= 11 is -0.235. The van der Waals surface area contributed by atoms with Crippen molar-refractivity contribution < 1.29 is 3.79 Å². The van der Waals surface area contributed by atoms with Crippen LogP contribution in [0.1, 0.15) is 26.2 Å². The van der Waals surface area contributed by atoms with Crippen molar-refractivity contribution in [3.63, 3.8) is 0 Å². The van der Waals surface area contributed by atoms with Crippen LogP contribution in [0.25, 0.3) is 0 Å². The minimum Gasteiger partial charge on any atom is -0.503 e. The van der Waals surface area contributed by atoms with Crippen molar-refractivity contribution in [3.8, 4) is 0 Å². The zero-order valence-electron chi connectivity index (χ0n) is 6.94. The maximum absolute atomic E-state index is 5.44. The van der Waals surface area contributed by atoms with Crippen molar-refractivity contribution in [2.45, 2.75) is 31.5 Å². The Morgan fingerprint density at radius 3 is 2.90 bits per heavy atom. The van der Waals surface area contributed by atoms with Gasteiger partial charge in [-0.3, -0.25) is 0 Å². The molecule has 0 saturated carbocycles. The van der Waals surface area contributed by atoms with Crippen molar-refractivity contribution in [2.24, 2.45) is 0 Å². The highest BCUT2D eigenvalue weighted by molar-refractivity contribution is 6.27. The van der Waals surface area contributed by atoms with Gasteiger partial charge in [-0.15, -0.1) is 12.7 Å². The third kappa shape index (κ3) is 8.23. The van der Waals surface area contributed by atoms with Crippen LogP contribution >= 0.6 is 0 Å². The molecule has 0 unspecified atom stereocenters. The number of rotatable bonds is 7. The lowest BCUT2D eigenvalue weighted by Gasteiger charge is -1.99. The molecule has 0 fully saturated rings.